The first-order valence-corrected chi connectivity index (χ1v) is 16.3. The molecule has 0 saturated carbocycles. The molecule has 3 aliphatic carbocycles. The number of hydrogen-bond donors (Lipinski definition) is 0. The molecule has 0 amide bonds. The fourth-order valence-electron chi connectivity index (χ4n) is 6.47. The lowest BCUT2D eigenvalue weighted by Crippen LogP contribution is -2.34. The summed E-state index contributed by atoms with van der Waals surface area (Å²) >= 11 is 0. The van der Waals surface area contributed by atoms with Gasteiger partial charge in [-0.3, -0.25) is 0 Å². The van der Waals surface area contributed by atoms with Gasteiger partial charge in [-0.15, -0.1) is 0 Å². The van der Waals surface area contributed by atoms with Gasteiger partial charge in [0.1, 0.15) is 7.14 Å². The Hall–Kier alpha value is -2.63. The molecule has 1 aromatic rings. The SMILES string of the molecule is C=CC1=C(/C=C\C)C(C(C)CCC2C=CC=CC2C)=C2C=CC=C[C@]2(C)C1c1cccc(P(C)(C)=O)c1. The Balaban J connectivity index is 1.85. The number of fused-ring (bicyclic) bond motifs is 1. The lowest BCUT2D eigenvalue weighted by molar-refractivity contribution is 0.405. The van der Waals surface area contributed by atoms with Gasteiger partial charge in [-0.25, -0.2) is 0 Å². The minimum atomic E-state index is -2.38. The smallest absolute Gasteiger partial charge is 0.109 e. The lowest BCUT2D eigenvalue weighted by atomic mass is 9.57. The zero-order chi connectivity index (χ0) is 26.8. The van der Waals surface area contributed by atoms with Gasteiger partial charge in [0.25, 0.3) is 0 Å². The van der Waals surface area contributed by atoms with E-state index >= 15 is 0 Å². The molecule has 0 fully saturated rings. The first-order valence-electron chi connectivity index (χ1n) is 13.7. The largest absolute Gasteiger partial charge is 0.319 e. The molecule has 0 aromatic heterocycles. The van der Waals surface area contributed by atoms with Crippen molar-refractivity contribution in [2.75, 3.05) is 13.3 Å². The molecule has 4 unspecified atom stereocenters. The molecule has 0 aliphatic heterocycles. The Morgan fingerprint density at radius 2 is 1.89 bits per heavy atom. The van der Waals surface area contributed by atoms with Crippen LogP contribution in [-0.2, 0) is 4.57 Å². The van der Waals surface area contributed by atoms with Crippen molar-refractivity contribution in [3.63, 3.8) is 0 Å². The van der Waals surface area contributed by atoms with E-state index in [2.05, 4.69) is 119 Å². The van der Waals surface area contributed by atoms with Crippen LogP contribution in [-0.4, -0.2) is 13.3 Å². The van der Waals surface area contributed by atoms with E-state index in [1.165, 1.54) is 34.3 Å². The third-order valence-electron chi connectivity index (χ3n) is 8.56. The van der Waals surface area contributed by atoms with Crippen LogP contribution in [0.2, 0.25) is 0 Å². The van der Waals surface area contributed by atoms with Crippen LogP contribution in [0.1, 0.15) is 52.0 Å². The van der Waals surface area contributed by atoms with Crippen molar-refractivity contribution in [1.29, 1.82) is 0 Å². The average Bonchev–Trinajstić information content (AvgIpc) is 2.87. The van der Waals surface area contributed by atoms with Crippen LogP contribution < -0.4 is 5.30 Å². The number of allylic oxidation sites excluding steroid dienone is 15. The maximum absolute atomic E-state index is 13.0. The number of hydrogen-bond acceptors (Lipinski definition) is 1. The second-order valence-corrected chi connectivity index (χ2v) is 14.8. The molecule has 0 bridgehead atoms. The van der Waals surface area contributed by atoms with Gasteiger partial charge in [0.15, 0.2) is 0 Å². The summed E-state index contributed by atoms with van der Waals surface area (Å²) in [4.78, 5) is 0. The zero-order valence-electron chi connectivity index (χ0n) is 23.4. The number of rotatable bonds is 8. The van der Waals surface area contributed by atoms with Crippen molar-refractivity contribution in [3.05, 3.63) is 126 Å². The fraction of sp³-hybridized carbons (Fsp3) is 0.371. The third-order valence-corrected chi connectivity index (χ3v) is 10.1. The van der Waals surface area contributed by atoms with Crippen molar-refractivity contribution >= 4 is 12.4 Å². The van der Waals surface area contributed by atoms with Gasteiger partial charge in [-0.2, -0.15) is 0 Å². The van der Waals surface area contributed by atoms with Crippen LogP contribution in [0.15, 0.2) is 120 Å². The summed E-state index contributed by atoms with van der Waals surface area (Å²) in [6, 6.07) is 8.46. The Morgan fingerprint density at radius 1 is 1.14 bits per heavy atom. The maximum atomic E-state index is 13.0. The molecule has 1 aromatic carbocycles. The molecule has 1 nitrogen and oxygen atoms in total. The first-order chi connectivity index (χ1) is 17.6. The second-order valence-electron chi connectivity index (χ2n) is 11.6. The molecule has 0 heterocycles. The highest BCUT2D eigenvalue weighted by Gasteiger charge is 2.44. The predicted octanol–water partition coefficient (Wildman–Crippen LogP) is 9.31. The van der Waals surface area contributed by atoms with E-state index in [0.717, 1.165) is 11.7 Å². The van der Waals surface area contributed by atoms with Crippen LogP contribution in [0.4, 0.5) is 0 Å². The van der Waals surface area contributed by atoms with Crippen LogP contribution >= 0.6 is 7.14 Å². The summed E-state index contributed by atoms with van der Waals surface area (Å²) in [5.41, 5.74) is 6.41. The molecule has 0 spiro atoms. The third kappa shape index (κ3) is 5.35. The Kier molecular flexibility index (Phi) is 8.15. The van der Waals surface area contributed by atoms with Crippen LogP contribution in [0, 0.1) is 23.2 Å². The molecule has 0 N–H and O–H groups in total. The Labute approximate surface area is 225 Å². The molecule has 2 heteroatoms. The van der Waals surface area contributed by atoms with Gasteiger partial charge >= 0.3 is 0 Å². The summed E-state index contributed by atoms with van der Waals surface area (Å²) < 4.78 is 13.0. The molecule has 0 saturated heterocycles. The normalized spacial score (nSPS) is 28.2. The highest BCUT2D eigenvalue weighted by molar-refractivity contribution is 7.70. The van der Waals surface area contributed by atoms with E-state index in [-0.39, 0.29) is 11.3 Å². The van der Waals surface area contributed by atoms with Crippen molar-refractivity contribution in [3.8, 4) is 0 Å². The summed E-state index contributed by atoms with van der Waals surface area (Å²) in [6.45, 7) is 17.2. The quantitative estimate of drug-likeness (QED) is 0.318. The van der Waals surface area contributed by atoms with Crippen LogP contribution in [0.5, 0.6) is 0 Å². The highest BCUT2D eigenvalue weighted by atomic mass is 31.2. The molecule has 4 rings (SSSR count). The predicted molar refractivity (Wildman–Crippen MR) is 163 cm³/mol. The van der Waals surface area contributed by atoms with Gasteiger partial charge in [-0.1, -0.05) is 112 Å². The van der Waals surface area contributed by atoms with E-state index in [1.54, 1.807) is 0 Å². The summed E-state index contributed by atoms with van der Waals surface area (Å²) in [5, 5.41) is 0.938. The Morgan fingerprint density at radius 3 is 2.57 bits per heavy atom. The van der Waals surface area contributed by atoms with E-state index < -0.39 is 7.14 Å². The van der Waals surface area contributed by atoms with E-state index in [1.807, 2.05) is 19.4 Å². The topological polar surface area (TPSA) is 17.1 Å². The van der Waals surface area contributed by atoms with Crippen LogP contribution in [0.3, 0.4) is 0 Å². The zero-order valence-corrected chi connectivity index (χ0v) is 24.3. The van der Waals surface area contributed by atoms with Crippen molar-refractivity contribution in [2.24, 2.45) is 23.2 Å². The molecule has 37 heavy (non-hydrogen) atoms. The van der Waals surface area contributed by atoms with Gasteiger partial charge in [0.05, 0.1) is 0 Å². The number of benzene rings is 1. The summed E-state index contributed by atoms with van der Waals surface area (Å²) in [6.07, 6.45) is 27.0. The van der Waals surface area contributed by atoms with Gasteiger partial charge < -0.3 is 4.57 Å². The molecule has 194 valence electrons. The first kappa shape index (κ1) is 27.4. The molecule has 3 aliphatic rings. The van der Waals surface area contributed by atoms with Crippen molar-refractivity contribution in [1.82, 2.24) is 0 Å². The van der Waals surface area contributed by atoms with E-state index in [4.69, 9.17) is 0 Å². The summed E-state index contributed by atoms with van der Waals surface area (Å²) in [7, 11) is -2.38. The molecular weight excluding hydrogens is 467 g/mol. The monoisotopic (exact) mass is 510 g/mol. The molecule has 5 atom stereocenters. The van der Waals surface area contributed by atoms with Crippen LogP contribution in [0.25, 0.3) is 0 Å². The fourth-order valence-corrected chi connectivity index (χ4v) is 7.38. The Bertz CT molecular complexity index is 1300. The summed E-state index contributed by atoms with van der Waals surface area (Å²) in [5.74, 6) is 1.69. The second kappa shape index (κ2) is 11.0. The van der Waals surface area contributed by atoms with E-state index in [9.17, 15) is 4.57 Å². The minimum absolute atomic E-state index is 0.0984. The highest BCUT2D eigenvalue weighted by Crippen LogP contribution is 2.57. The maximum Gasteiger partial charge on any atom is 0.109 e. The van der Waals surface area contributed by atoms with Gasteiger partial charge in [0.2, 0.25) is 0 Å². The van der Waals surface area contributed by atoms with Gasteiger partial charge in [-0.05, 0) is 84.8 Å². The average molecular weight is 511 g/mol. The standard InChI is InChI=1S/C35H43OP/c1-8-15-31-30(9-2)34(28-18-14-19-29(24-28)37(6,7)36)35(5)23-13-12-20-32(35)33(31)26(4)21-22-27-17-11-10-16-25(27)3/h8-20,23-27,34H,2,21-22H2,1,3-7H3/b15-8-/t25?,26?,27?,34?,35-/m0/s1. The minimum Gasteiger partial charge on any atom is -0.319 e. The molecule has 0 radical (unpaired) electrons. The van der Waals surface area contributed by atoms with Gasteiger partial charge in [0, 0.05) is 16.6 Å². The van der Waals surface area contributed by atoms with Crippen molar-refractivity contribution < 1.29 is 4.57 Å². The van der Waals surface area contributed by atoms with E-state index in [0.29, 0.717) is 17.8 Å². The van der Waals surface area contributed by atoms with Crippen molar-refractivity contribution in [2.45, 2.75) is 46.5 Å². The lowest BCUT2D eigenvalue weighted by Gasteiger charge is -2.46. The molecular formula is C35H43OP.